The maximum Gasteiger partial charge on any atom is 0.298 e. The van der Waals surface area contributed by atoms with E-state index in [9.17, 15) is 13.2 Å². The summed E-state index contributed by atoms with van der Waals surface area (Å²) in [6.07, 6.45) is 0. The average molecular weight is 258 g/mol. The van der Waals surface area contributed by atoms with Crippen molar-refractivity contribution in [3.05, 3.63) is 18.2 Å². The molecule has 16 heavy (non-hydrogen) atoms. The molecule has 0 radical (unpaired) electrons. The number of rotatable bonds is 3. The summed E-state index contributed by atoms with van der Waals surface area (Å²) in [7, 11) is -3.79. The van der Waals surface area contributed by atoms with Gasteiger partial charge in [0, 0.05) is 6.07 Å². The molecular weight excluding hydrogens is 252 g/mol. The lowest BCUT2D eigenvalue weighted by atomic mass is 10.3. The Kier molecular flexibility index (Phi) is 2.62. The number of ether oxygens (including phenoxy) is 1. The third kappa shape index (κ3) is 2.03. The van der Waals surface area contributed by atoms with Crippen molar-refractivity contribution in [2.75, 3.05) is 0 Å². The standard InChI is InChI=1S/C8H6N2O4S2/c9-16(12,13)8-10-6-3-5(14-4-11)1-2-7(6)15-8/h1-4H,(H2,9,12,13). The molecule has 0 aliphatic heterocycles. The number of nitrogens with two attached hydrogens (primary N) is 1. The van der Waals surface area contributed by atoms with E-state index in [1.165, 1.54) is 6.07 Å². The Morgan fingerprint density at radius 2 is 2.19 bits per heavy atom. The van der Waals surface area contributed by atoms with Crippen molar-refractivity contribution in [3.8, 4) is 5.75 Å². The van der Waals surface area contributed by atoms with Gasteiger partial charge in [-0.25, -0.2) is 18.5 Å². The van der Waals surface area contributed by atoms with Crippen LogP contribution in [-0.2, 0) is 14.8 Å². The average Bonchev–Trinajstić information content (AvgIpc) is 2.60. The fourth-order valence-corrected chi connectivity index (χ4v) is 2.77. The van der Waals surface area contributed by atoms with Gasteiger partial charge in [0.1, 0.15) is 5.75 Å². The highest BCUT2D eigenvalue weighted by atomic mass is 32.2. The minimum absolute atomic E-state index is 0.161. The van der Waals surface area contributed by atoms with Crippen LogP contribution in [0.25, 0.3) is 10.2 Å². The van der Waals surface area contributed by atoms with Crippen molar-refractivity contribution in [1.29, 1.82) is 0 Å². The molecule has 0 bridgehead atoms. The van der Waals surface area contributed by atoms with Crippen molar-refractivity contribution in [2.45, 2.75) is 4.34 Å². The van der Waals surface area contributed by atoms with E-state index in [1.807, 2.05) is 0 Å². The molecule has 84 valence electrons. The molecule has 1 heterocycles. The second kappa shape index (κ2) is 3.81. The molecule has 0 unspecified atom stereocenters. The summed E-state index contributed by atoms with van der Waals surface area (Å²) in [5.74, 6) is 0.300. The molecular formula is C8H6N2O4S2. The van der Waals surface area contributed by atoms with E-state index in [0.717, 1.165) is 11.3 Å². The fourth-order valence-electron chi connectivity index (χ4n) is 1.14. The monoisotopic (exact) mass is 258 g/mol. The topological polar surface area (TPSA) is 99.4 Å². The number of hydrogen-bond acceptors (Lipinski definition) is 6. The molecule has 6 nitrogen and oxygen atoms in total. The van der Waals surface area contributed by atoms with Gasteiger partial charge >= 0.3 is 0 Å². The Hall–Kier alpha value is -1.51. The summed E-state index contributed by atoms with van der Waals surface area (Å²) in [4.78, 5) is 14.0. The van der Waals surface area contributed by atoms with Crippen LogP contribution < -0.4 is 9.88 Å². The van der Waals surface area contributed by atoms with Crippen LogP contribution >= 0.6 is 11.3 Å². The molecule has 0 fully saturated rings. The van der Waals surface area contributed by atoms with E-state index >= 15 is 0 Å². The van der Waals surface area contributed by atoms with Crippen LogP contribution in [0.2, 0.25) is 0 Å². The SMILES string of the molecule is NS(=O)(=O)c1nc2cc(OC=O)ccc2s1. The van der Waals surface area contributed by atoms with Crippen molar-refractivity contribution in [2.24, 2.45) is 5.14 Å². The van der Waals surface area contributed by atoms with Crippen LogP contribution in [0.15, 0.2) is 22.5 Å². The molecule has 0 aliphatic carbocycles. The van der Waals surface area contributed by atoms with Crippen molar-refractivity contribution in [3.63, 3.8) is 0 Å². The first-order valence-electron chi connectivity index (χ1n) is 4.04. The van der Waals surface area contributed by atoms with Gasteiger partial charge in [-0.15, -0.1) is 11.3 Å². The first kappa shape index (κ1) is 11.0. The van der Waals surface area contributed by atoms with E-state index < -0.39 is 10.0 Å². The van der Waals surface area contributed by atoms with Gasteiger partial charge in [-0.1, -0.05) is 0 Å². The predicted molar refractivity (Wildman–Crippen MR) is 57.7 cm³/mol. The Morgan fingerprint density at radius 1 is 1.44 bits per heavy atom. The summed E-state index contributed by atoms with van der Waals surface area (Å²) < 4.78 is 27.2. The van der Waals surface area contributed by atoms with Gasteiger partial charge < -0.3 is 4.74 Å². The predicted octanol–water partition coefficient (Wildman–Crippen LogP) is 0.479. The lowest BCUT2D eigenvalue weighted by molar-refractivity contribution is -0.120. The largest absolute Gasteiger partial charge is 0.429 e. The number of sulfonamides is 1. The van der Waals surface area contributed by atoms with Crippen LogP contribution in [0.1, 0.15) is 0 Å². The molecule has 0 atom stereocenters. The molecule has 1 aromatic heterocycles. The number of fused-ring (bicyclic) bond motifs is 1. The summed E-state index contributed by atoms with van der Waals surface area (Å²) in [5, 5.41) is 4.95. The second-order valence-corrected chi connectivity index (χ2v) is 5.63. The highest BCUT2D eigenvalue weighted by Gasteiger charge is 2.14. The van der Waals surface area contributed by atoms with Crippen molar-refractivity contribution >= 4 is 38.0 Å². The zero-order chi connectivity index (χ0) is 11.8. The van der Waals surface area contributed by atoms with E-state index in [4.69, 9.17) is 5.14 Å². The van der Waals surface area contributed by atoms with Gasteiger partial charge in [0.2, 0.25) is 4.34 Å². The number of thiazole rings is 1. The number of carbonyl (C=O) groups excluding carboxylic acids is 1. The third-order valence-corrected chi connectivity index (χ3v) is 4.12. The Balaban J connectivity index is 2.58. The number of aromatic nitrogens is 1. The molecule has 0 saturated heterocycles. The number of primary sulfonamides is 1. The summed E-state index contributed by atoms with van der Waals surface area (Å²) >= 11 is 0.963. The molecule has 2 rings (SSSR count). The lowest BCUT2D eigenvalue weighted by Crippen LogP contribution is -2.11. The summed E-state index contributed by atoms with van der Waals surface area (Å²) in [5.41, 5.74) is 0.424. The van der Waals surface area contributed by atoms with Crippen LogP contribution in [0, 0.1) is 0 Å². The lowest BCUT2D eigenvalue weighted by Gasteiger charge is -1.94. The van der Waals surface area contributed by atoms with Gasteiger partial charge in [0.25, 0.3) is 16.5 Å². The molecule has 1 aromatic carbocycles. The Morgan fingerprint density at radius 3 is 2.81 bits per heavy atom. The van der Waals surface area contributed by atoms with Crippen molar-refractivity contribution < 1.29 is 17.9 Å². The number of carbonyl (C=O) groups is 1. The summed E-state index contributed by atoms with van der Waals surface area (Å²) in [6.45, 7) is 0.286. The molecule has 8 heteroatoms. The van der Waals surface area contributed by atoms with E-state index in [1.54, 1.807) is 12.1 Å². The summed E-state index contributed by atoms with van der Waals surface area (Å²) in [6, 6.07) is 4.62. The van der Waals surface area contributed by atoms with E-state index in [2.05, 4.69) is 9.72 Å². The Bertz CT molecular complexity index is 647. The van der Waals surface area contributed by atoms with Crippen LogP contribution in [0.5, 0.6) is 5.75 Å². The quantitative estimate of drug-likeness (QED) is 0.807. The van der Waals surface area contributed by atoms with Gasteiger partial charge in [-0.3, -0.25) is 4.79 Å². The normalized spacial score (nSPS) is 11.6. The number of benzene rings is 1. The maximum absolute atomic E-state index is 11.1. The highest BCUT2D eigenvalue weighted by Crippen LogP contribution is 2.27. The smallest absolute Gasteiger partial charge is 0.298 e. The second-order valence-electron chi connectivity index (χ2n) is 2.87. The van der Waals surface area contributed by atoms with Crippen LogP contribution in [-0.4, -0.2) is 19.9 Å². The number of hydrogen-bond donors (Lipinski definition) is 1. The van der Waals surface area contributed by atoms with Gasteiger partial charge in [-0.05, 0) is 12.1 Å². The highest BCUT2D eigenvalue weighted by molar-refractivity contribution is 7.91. The molecule has 0 spiro atoms. The van der Waals surface area contributed by atoms with Gasteiger partial charge in [0.05, 0.1) is 10.2 Å². The van der Waals surface area contributed by atoms with Crippen LogP contribution in [0.4, 0.5) is 0 Å². The Labute approximate surface area is 94.7 Å². The maximum atomic E-state index is 11.1. The number of nitrogens with zero attached hydrogens (tertiary/aromatic N) is 1. The zero-order valence-corrected chi connectivity index (χ0v) is 9.42. The van der Waals surface area contributed by atoms with Crippen LogP contribution in [0.3, 0.4) is 0 Å². The first-order valence-corrected chi connectivity index (χ1v) is 6.41. The van der Waals surface area contributed by atoms with Gasteiger partial charge in [0.15, 0.2) is 0 Å². The van der Waals surface area contributed by atoms with E-state index in [0.29, 0.717) is 16.0 Å². The molecule has 2 aromatic rings. The first-order chi connectivity index (χ1) is 7.50. The van der Waals surface area contributed by atoms with Crippen molar-refractivity contribution in [1.82, 2.24) is 4.98 Å². The molecule has 2 N–H and O–H groups in total. The van der Waals surface area contributed by atoms with E-state index in [-0.39, 0.29) is 10.8 Å². The molecule has 0 aliphatic rings. The molecule has 0 amide bonds. The third-order valence-electron chi connectivity index (χ3n) is 1.77. The minimum Gasteiger partial charge on any atom is -0.429 e. The zero-order valence-electron chi connectivity index (χ0n) is 7.78. The minimum atomic E-state index is -3.79. The molecule has 0 saturated carbocycles. The van der Waals surface area contributed by atoms with Gasteiger partial charge in [-0.2, -0.15) is 0 Å². The fraction of sp³-hybridized carbons (Fsp3) is 0.